The van der Waals surface area contributed by atoms with Gasteiger partial charge in [-0.1, -0.05) is 0 Å². The number of nitrogens with zero attached hydrogens (tertiary/aromatic N) is 5. The van der Waals surface area contributed by atoms with Gasteiger partial charge in [0.1, 0.15) is 17.3 Å². The molecule has 2 heterocycles. The lowest BCUT2D eigenvalue weighted by molar-refractivity contribution is 0.398. The molecule has 0 N–H and O–H groups in total. The van der Waals surface area contributed by atoms with Crippen LogP contribution in [0.25, 0.3) is 5.82 Å². The summed E-state index contributed by atoms with van der Waals surface area (Å²) in [6, 6.07) is 7.76. The van der Waals surface area contributed by atoms with Crippen LogP contribution in [0.1, 0.15) is 17.0 Å². The second kappa shape index (κ2) is 7.43. The Labute approximate surface area is 153 Å². The third-order valence-corrected chi connectivity index (χ3v) is 4.12. The highest BCUT2D eigenvalue weighted by molar-refractivity contribution is 5.45. The lowest BCUT2D eigenvalue weighted by Crippen LogP contribution is -2.19. The maximum Gasteiger partial charge on any atom is 0.174 e. The van der Waals surface area contributed by atoms with Crippen LogP contribution in [0.15, 0.2) is 36.7 Å². The zero-order valence-corrected chi connectivity index (χ0v) is 15.7. The topological polar surface area (TPSA) is 65.3 Å². The fraction of sp³-hybridized carbons (Fsp3) is 0.316. The average Bonchev–Trinajstić information content (AvgIpc) is 3.00. The summed E-state index contributed by atoms with van der Waals surface area (Å²) in [6.07, 6.45) is 3.45. The molecule has 0 bridgehead atoms. The molecule has 0 aliphatic heterocycles. The zero-order valence-electron chi connectivity index (χ0n) is 15.7. The van der Waals surface area contributed by atoms with Gasteiger partial charge in [-0.25, -0.2) is 9.67 Å². The average molecular weight is 353 g/mol. The van der Waals surface area contributed by atoms with Gasteiger partial charge in [-0.15, -0.1) is 0 Å². The molecule has 0 saturated carbocycles. The molecule has 0 amide bonds. The number of ether oxygens (including phenoxy) is 2. The van der Waals surface area contributed by atoms with E-state index in [0.717, 1.165) is 34.3 Å². The molecule has 7 nitrogen and oxygen atoms in total. The summed E-state index contributed by atoms with van der Waals surface area (Å²) in [5.41, 5.74) is 2.97. The summed E-state index contributed by atoms with van der Waals surface area (Å²) >= 11 is 0. The van der Waals surface area contributed by atoms with Crippen LogP contribution in [0, 0.1) is 13.8 Å². The van der Waals surface area contributed by atoms with Gasteiger partial charge in [-0.05, 0) is 38.1 Å². The standard InChI is InChI=1S/C19H23N5O2/c1-13-8-14(2)24(22-13)19-11-20-10-18(21-19)23(3)12-15-9-16(25-4)6-7-17(15)26-5/h6-11H,12H2,1-5H3. The summed E-state index contributed by atoms with van der Waals surface area (Å²) in [4.78, 5) is 11.0. The molecular formula is C19H23N5O2. The van der Waals surface area contributed by atoms with Gasteiger partial charge in [0.05, 0.1) is 32.3 Å². The Morgan fingerprint density at radius 3 is 2.54 bits per heavy atom. The van der Waals surface area contributed by atoms with Gasteiger partial charge in [-0.2, -0.15) is 5.10 Å². The molecule has 0 radical (unpaired) electrons. The molecule has 0 spiro atoms. The highest BCUT2D eigenvalue weighted by Gasteiger charge is 2.12. The second-order valence-corrected chi connectivity index (χ2v) is 6.11. The first-order chi connectivity index (χ1) is 12.5. The smallest absolute Gasteiger partial charge is 0.174 e. The molecule has 0 saturated heterocycles. The summed E-state index contributed by atoms with van der Waals surface area (Å²) in [6.45, 7) is 4.57. The van der Waals surface area contributed by atoms with Crippen molar-refractivity contribution < 1.29 is 9.47 Å². The van der Waals surface area contributed by atoms with E-state index in [1.54, 1.807) is 31.3 Å². The van der Waals surface area contributed by atoms with Crippen molar-refractivity contribution in [1.29, 1.82) is 0 Å². The molecule has 0 atom stereocenters. The molecule has 0 fully saturated rings. The van der Waals surface area contributed by atoms with Crippen molar-refractivity contribution in [3.05, 3.63) is 53.6 Å². The minimum absolute atomic E-state index is 0.607. The number of aryl methyl sites for hydroxylation is 2. The number of rotatable bonds is 6. The van der Waals surface area contributed by atoms with E-state index in [-0.39, 0.29) is 0 Å². The maximum absolute atomic E-state index is 5.46. The fourth-order valence-corrected chi connectivity index (χ4v) is 2.83. The lowest BCUT2D eigenvalue weighted by atomic mass is 10.1. The quantitative estimate of drug-likeness (QED) is 0.679. The number of methoxy groups -OCH3 is 2. The highest BCUT2D eigenvalue weighted by Crippen LogP contribution is 2.26. The largest absolute Gasteiger partial charge is 0.497 e. The SMILES string of the molecule is COc1ccc(OC)c(CN(C)c2cncc(-n3nc(C)cc3C)n2)c1. The molecule has 136 valence electrons. The number of hydrogen-bond donors (Lipinski definition) is 0. The van der Waals surface area contributed by atoms with Crippen molar-refractivity contribution in [2.45, 2.75) is 20.4 Å². The molecule has 0 aliphatic rings. The summed E-state index contributed by atoms with van der Waals surface area (Å²) in [5, 5.41) is 4.47. The van der Waals surface area contributed by atoms with Gasteiger partial charge in [-0.3, -0.25) is 4.98 Å². The van der Waals surface area contributed by atoms with Crippen LogP contribution in [0.3, 0.4) is 0 Å². The van der Waals surface area contributed by atoms with Crippen molar-refractivity contribution in [1.82, 2.24) is 19.7 Å². The van der Waals surface area contributed by atoms with Crippen LogP contribution in [0.4, 0.5) is 5.82 Å². The minimum Gasteiger partial charge on any atom is -0.497 e. The monoisotopic (exact) mass is 353 g/mol. The molecule has 7 heteroatoms. The summed E-state index contributed by atoms with van der Waals surface area (Å²) in [7, 11) is 5.28. The van der Waals surface area contributed by atoms with E-state index in [4.69, 9.17) is 14.5 Å². The van der Waals surface area contributed by atoms with E-state index in [9.17, 15) is 0 Å². The van der Waals surface area contributed by atoms with Gasteiger partial charge in [0.2, 0.25) is 0 Å². The van der Waals surface area contributed by atoms with Crippen molar-refractivity contribution in [2.75, 3.05) is 26.2 Å². The van der Waals surface area contributed by atoms with Gasteiger partial charge in [0.25, 0.3) is 0 Å². The molecule has 0 unspecified atom stereocenters. The first-order valence-corrected chi connectivity index (χ1v) is 8.29. The van der Waals surface area contributed by atoms with Gasteiger partial charge in [0.15, 0.2) is 5.82 Å². The molecule has 2 aromatic heterocycles. The van der Waals surface area contributed by atoms with E-state index < -0.39 is 0 Å². The molecule has 1 aromatic carbocycles. The normalized spacial score (nSPS) is 10.7. The van der Waals surface area contributed by atoms with E-state index in [2.05, 4.69) is 10.1 Å². The first-order valence-electron chi connectivity index (χ1n) is 8.29. The third kappa shape index (κ3) is 3.61. The molecule has 26 heavy (non-hydrogen) atoms. The zero-order chi connectivity index (χ0) is 18.7. The van der Waals surface area contributed by atoms with Gasteiger partial charge < -0.3 is 14.4 Å². The lowest BCUT2D eigenvalue weighted by Gasteiger charge is -2.20. The van der Waals surface area contributed by atoms with Crippen LogP contribution in [0.2, 0.25) is 0 Å². The van der Waals surface area contributed by atoms with Crippen molar-refractivity contribution in [2.24, 2.45) is 0 Å². The minimum atomic E-state index is 0.607. The molecule has 3 aromatic rings. The van der Waals surface area contributed by atoms with Crippen LogP contribution < -0.4 is 14.4 Å². The molecule has 3 rings (SSSR count). The molecule has 0 aliphatic carbocycles. The van der Waals surface area contributed by atoms with E-state index in [0.29, 0.717) is 12.4 Å². The Kier molecular flexibility index (Phi) is 5.06. The predicted octanol–water partition coefficient (Wildman–Crippen LogP) is 2.93. The van der Waals surface area contributed by atoms with Gasteiger partial charge in [0, 0.05) is 24.8 Å². The van der Waals surface area contributed by atoms with Crippen molar-refractivity contribution >= 4 is 5.82 Å². The predicted molar refractivity (Wildman–Crippen MR) is 100 cm³/mol. The Hall–Kier alpha value is -3.09. The van der Waals surface area contributed by atoms with Crippen LogP contribution in [0.5, 0.6) is 11.5 Å². The van der Waals surface area contributed by atoms with Gasteiger partial charge >= 0.3 is 0 Å². The third-order valence-electron chi connectivity index (χ3n) is 4.12. The van der Waals surface area contributed by atoms with Crippen LogP contribution >= 0.6 is 0 Å². The second-order valence-electron chi connectivity index (χ2n) is 6.11. The summed E-state index contributed by atoms with van der Waals surface area (Å²) in [5.74, 6) is 3.04. The number of hydrogen-bond acceptors (Lipinski definition) is 6. The van der Waals surface area contributed by atoms with Crippen LogP contribution in [-0.4, -0.2) is 41.0 Å². The Morgan fingerprint density at radius 2 is 1.88 bits per heavy atom. The van der Waals surface area contributed by atoms with Crippen LogP contribution in [-0.2, 0) is 6.54 Å². The maximum atomic E-state index is 5.46. The van der Waals surface area contributed by atoms with Crippen molar-refractivity contribution in [3.8, 4) is 17.3 Å². The summed E-state index contributed by atoms with van der Waals surface area (Å²) < 4.78 is 12.6. The van der Waals surface area contributed by atoms with E-state index in [1.807, 2.05) is 50.1 Å². The molecular weight excluding hydrogens is 330 g/mol. The number of aromatic nitrogens is 4. The van der Waals surface area contributed by atoms with E-state index >= 15 is 0 Å². The first kappa shape index (κ1) is 17.7. The highest BCUT2D eigenvalue weighted by atomic mass is 16.5. The Morgan fingerprint density at radius 1 is 1.08 bits per heavy atom. The Balaban J connectivity index is 1.88. The number of anilines is 1. The van der Waals surface area contributed by atoms with Crippen molar-refractivity contribution in [3.63, 3.8) is 0 Å². The Bertz CT molecular complexity index is 907. The fourth-order valence-electron chi connectivity index (χ4n) is 2.83. The number of benzene rings is 1. The van der Waals surface area contributed by atoms with E-state index in [1.165, 1.54) is 0 Å².